The lowest BCUT2D eigenvalue weighted by Gasteiger charge is -2.33. The largest absolute Gasteiger partial charge is 0.329 e. The zero-order valence-corrected chi connectivity index (χ0v) is 16.6. The highest BCUT2D eigenvalue weighted by Crippen LogP contribution is 2.39. The first kappa shape index (κ1) is 18.9. The minimum absolute atomic E-state index is 0.0262. The molecule has 4 rings (SSSR count). The molecule has 1 aliphatic rings. The van der Waals surface area contributed by atoms with Crippen molar-refractivity contribution in [3.05, 3.63) is 93.7 Å². The Morgan fingerprint density at radius 3 is 2.76 bits per heavy atom. The molecule has 3 aromatic rings. The molecule has 3 atom stereocenters. The van der Waals surface area contributed by atoms with Gasteiger partial charge in [0.2, 0.25) is 0 Å². The molecule has 0 spiro atoms. The molecule has 0 radical (unpaired) electrons. The van der Waals surface area contributed by atoms with Gasteiger partial charge in [0, 0.05) is 35.0 Å². The Kier molecular flexibility index (Phi) is 5.14. The zero-order valence-electron chi connectivity index (χ0n) is 16.6. The predicted molar refractivity (Wildman–Crippen MR) is 115 cm³/mol. The van der Waals surface area contributed by atoms with Crippen molar-refractivity contribution < 1.29 is 0 Å². The molecule has 1 aromatic carbocycles. The van der Waals surface area contributed by atoms with Crippen LogP contribution in [0.3, 0.4) is 0 Å². The molecule has 1 aliphatic carbocycles. The summed E-state index contributed by atoms with van der Waals surface area (Å²) in [4.78, 5) is 19.6. The molecular formula is C25H23N3O. The van der Waals surface area contributed by atoms with Gasteiger partial charge in [-0.05, 0) is 48.1 Å². The van der Waals surface area contributed by atoms with Gasteiger partial charge in [-0.15, -0.1) is 0 Å². The highest BCUT2D eigenvalue weighted by molar-refractivity contribution is 5.70. The molecule has 0 saturated heterocycles. The number of H-pyrrole nitrogens is 1. The van der Waals surface area contributed by atoms with Crippen molar-refractivity contribution in [1.29, 1.82) is 5.26 Å². The Bertz CT molecular complexity index is 1150. The number of hydrogen-bond acceptors (Lipinski definition) is 3. The number of nitrogens with one attached hydrogen (secondary N) is 1. The van der Waals surface area contributed by atoms with E-state index in [-0.39, 0.29) is 11.5 Å². The third-order valence-corrected chi connectivity index (χ3v) is 6.07. The van der Waals surface area contributed by atoms with E-state index in [9.17, 15) is 10.1 Å². The van der Waals surface area contributed by atoms with Gasteiger partial charge in [0.15, 0.2) is 0 Å². The highest BCUT2D eigenvalue weighted by atomic mass is 16.1. The SMILES string of the molecule is C[C@H]1[C@H](C=Cc2ccc(-c3ccccc3C#N)cn2)c2cc[nH]c(=O)c2C[C@@H]1C. The third kappa shape index (κ3) is 3.64. The maximum Gasteiger partial charge on any atom is 0.251 e. The minimum atomic E-state index is 0.0262. The first-order valence-electron chi connectivity index (χ1n) is 9.92. The Labute approximate surface area is 170 Å². The molecule has 2 heterocycles. The van der Waals surface area contributed by atoms with Gasteiger partial charge in [0.1, 0.15) is 0 Å². The fraction of sp³-hybridized carbons (Fsp3) is 0.240. The summed E-state index contributed by atoms with van der Waals surface area (Å²) in [5, 5.41) is 9.30. The van der Waals surface area contributed by atoms with E-state index in [2.05, 4.69) is 36.0 Å². The van der Waals surface area contributed by atoms with Gasteiger partial charge in [-0.3, -0.25) is 9.78 Å². The summed E-state index contributed by atoms with van der Waals surface area (Å²) in [6.07, 6.45) is 8.57. The first-order chi connectivity index (χ1) is 14.1. The lowest BCUT2D eigenvalue weighted by Crippen LogP contribution is -2.30. The number of fused-ring (bicyclic) bond motifs is 1. The molecule has 144 valence electrons. The standard InChI is InChI=1S/C25H23N3O/c1-16-13-24-23(11-12-27-25(24)29)21(17(16)2)10-9-20-8-7-19(15-28-20)22-6-4-3-5-18(22)14-26/h3-12,15-17,21H,13H2,1-2H3,(H,27,29)/t16-,17+,21-/m0/s1. The van der Waals surface area contributed by atoms with Crippen molar-refractivity contribution in [2.45, 2.75) is 26.2 Å². The van der Waals surface area contributed by atoms with Crippen LogP contribution in [0, 0.1) is 23.2 Å². The highest BCUT2D eigenvalue weighted by Gasteiger charge is 2.31. The average Bonchev–Trinajstić information content (AvgIpc) is 2.75. The van der Waals surface area contributed by atoms with Crippen LogP contribution in [0.1, 0.15) is 42.1 Å². The number of allylic oxidation sites excluding steroid dienone is 1. The molecule has 1 N–H and O–H groups in total. The third-order valence-electron chi connectivity index (χ3n) is 6.07. The Balaban J connectivity index is 1.62. The second-order valence-electron chi connectivity index (χ2n) is 7.80. The average molecular weight is 381 g/mol. The van der Waals surface area contributed by atoms with Crippen LogP contribution in [0.15, 0.2) is 65.7 Å². The zero-order chi connectivity index (χ0) is 20.4. The molecule has 0 aliphatic heterocycles. The van der Waals surface area contributed by atoms with Crippen molar-refractivity contribution in [2.75, 3.05) is 0 Å². The van der Waals surface area contributed by atoms with E-state index >= 15 is 0 Å². The van der Waals surface area contributed by atoms with E-state index in [0.29, 0.717) is 17.4 Å². The van der Waals surface area contributed by atoms with Crippen LogP contribution < -0.4 is 5.56 Å². The maximum atomic E-state index is 12.2. The van der Waals surface area contributed by atoms with Gasteiger partial charge in [0.25, 0.3) is 5.56 Å². The summed E-state index contributed by atoms with van der Waals surface area (Å²) >= 11 is 0. The number of aromatic nitrogens is 2. The van der Waals surface area contributed by atoms with Gasteiger partial charge in [0.05, 0.1) is 17.3 Å². The molecular weight excluding hydrogens is 358 g/mol. The molecule has 0 bridgehead atoms. The van der Waals surface area contributed by atoms with Gasteiger partial charge < -0.3 is 4.98 Å². The molecule has 4 nitrogen and oxygen atoms in total. The van der Waals surface area contributed by atoms with Crippen molar-refractivity contribution in [3.63, 3.8) is 0 Å². The summed E-state index contributed by atoms with van der Waals surface area (Å²) in [5.41, 5.74) is 5.37. The number of nitrogens with zero attached hydrogens (tertiary/aromatic N) is 2. The van der Waals surface area contributed by atoms with Crippen molar-refractivity contribution in [2.24, 2.45) is 11.8 Å². The Hall–Kier alpha value is -3.45. The van der Waals surface area contributed by atoms with Gasteiger partial charge in [-0.1, -0.05) is 44.2 Å². The van der Waals surface area contributed by atoms with Crippen LogP contribution >= 0.6 is 0 Å². The van der Waals surface area contributed by atoms with Crippen molar-refractivity contribution >= 4 is 6.08 Å². The van der Waals surface area contributed by atoms with Crippen LogP contribution in [0.5, 0.6) is 0 Å². The van der Waals surface area contributed by atoms with E-state index in [0.717, 1.165) is 34.4 Å². The number of hydrogen-bond donors (Lipinski definition) is 1. The summed E-state index contributed by atoms with van der Waals surface area (Å²) in [6.45, 7) is 4.46. The monoisotopic (exact) mass is 381 g/mol. The van der Waals surface area contributed by atoms with Crippen molar-refractivity contribution in [1.82, 2.24) is 9.97 Å². The minimum Gasteiger partial charge on any atom is -0.329 e. The van der Waals surface area contributed by atoms with E-state index in [1.165, 1.54) is 0 Å². The van der Waals surface area contributed by atoms with E-state index in [4.69, 9.17) is 0 Å². The Morgan fingerprint density at radius 1 is 1.17 bits per heavy atom. The predicted octanol–water partition coefficient (Wildman–Crippen LogP) is 4.93. The molecule has 4 heteroatoms. The summed E-state index contributed by atoms with van der Waals surface area (Å²) in [6, 6.07) is 15.8. The number of aromatic amines is 1. The molecule has 0 unspecified atom stereocenters. The van der Waals surface area contributed by atoms with Gasteiger partial charge in [-0.25, -0.2) is 0 Å². The van der Waals surface area contributed by atoms with Gasteiger partial charge in [-0.2, -0.15) is 5.26 Å². The maximum absolute atomic E-state index is 12.2. The fourth-order valence-electron chi connectivity index (χ4n) is 4.17. The fourth-order valence-corrected chi connectivity index (χ4v) is 4.17. The summed E-state index contributed by atoms with van der Waals surface area (Å²) < 4.78 is 0. The first-order valence-corrected chi connectivity index (χ1v) is 9.92. The smallest absolute Gasteiger partial charge is 0.251 e. The van der Waals surface area contributed by atoms with Crippen LogP contribution in [-0.4, -0.2) is 9.97 Å². The van der Waals surface area contributed by atoms with E-state index < -0.39 is 0 Å². The Morgan fingerprint density at radius 2 is 2.00 bits per heavy atom. The second-order valence-corrected chi connectivity index (χ2v) is 7.80. The van der Waals surface area contributed by atoms with Crippen molar-refractivity contribution in [3.8, 4) is 17.2 Å². The number of pyridine rings is 2. The molecule has 0 saturated carbocycles. The van der Waals surface area contributed by atoms with Crippen LogP contribution in [0.4, 0.5) is 0 Å². The summed E-state index contributed by atoms with van der Waals surface area (Å²) in [7, 11) is 0. The van der Waals surface area contributed by atoms with E-state index in [1.54, 1.807) is 12.4 Å². The van der Waals surface area contributed by atoms with Gasteiger partial charge >= 0.3 is 0 Å². The normalized spacial score (nSPS) is 20.9. The molecule has 0 amide bonds. The molecule has 2 aromatic heterocycles. The quantitative estimate of drug-likeness (QED) is 0.699. The topological polar surface area (TPSA) is 69.5 Å². The second kappa shape index (κ2) is 7.89. The number of benzene rings is 1. The lowest BCUT2D eigenvalue weighted by atomic mass is 9.71. The van der Waals surface area contributed by atoms with Crippen LogP contribution in [-0.2, 0) is 6.42 Å². The van der Waals surface area contributed by atoms with Crippen LogP contribution in [0.2, 0.25) is 0 Å². The summed E-state index contributed by atoms with van der Waals surface area (Å²) in [5.74, 6) is 1.08. The van der Waals surface area contributed by atoms with Crippen LogP contribution in [0.25, 0.3) is 17.2 Å². The number of rotatable bonds is 3. The lowest BCUT2D eigenvalue weighted by molar-refractivity contribution is 0.330. The molecule has 29 heavy (non-hydrogen) atoms. The molecule has 0 fully saturated rings. The van der Waals surface area contributed by atoms with E-state index in [1.807, 2.05) is 48.5 Å². The number of nitriles is 1.